The lowest BCUT2D eigenvalue weighted by Gasteiger charge is -2.35. The highest BCUT2D eigenvalue weighted by molar-refractivity contribution is 5.93. The standard InChI is InChI=1S/C19H23F4N5O/c1-12(2)27-9-3-4-13(11-27)10-24-18(29)16-17(19(21,22)23)28(26-25-16)15-7-5-14(20)6-8-15/h5-8,12-13H,3-4,9-11H2,1-2H3,(H,24,29). The molecule has 0 saturated carbocycles. The molecule has 1 atom stereocenters. The molecular formula is C19H23F4N5O. The van der Waals surface area contributed by atoms with Gasteiger partial charge in [0.2, 0.25) is 0 Å². The predicted octanol–water partition coefficient (Wildman–Crippen LogP) is 3.28. The molecule has 29 heavy (non-hydrogen) atoms. The summed E-state index contributed by atoms with van der Waals surface area (Å²) < 4.78 is 54.5. The maximum absolute atomic E-state index is 13.6. The minimum Gasteiger partial charge on any atom is -0.350 e. The molecule has 1 aromatic carbocycles. The molecule has 2 heterocycles. The number of hydrogen-bond acceptors (Lipinski definition) is 4. The summed E-state index contributed by atoms with van der Waals surface area (Å²) in [5.41, 5.74) is -2.11. The molecule has 0 bridgehead atoms. The number of halogens is 4. The Bertz CT molecular complexity index is 847. The zero-order valence-electron chi connectivity index (χ0n) is 16.2. The Morgan fingerprint density at radius 2 is 1.97 bits per heavy atom. The van der Waals surface area contributed by atoms with Gasteiger partial charge in [-0.2, -0.15) is 13.2 Å². The number of likely N-dealkylation sites (tertiary alicyclic amines) is 1. The minimum absolute atomic E-state index is 0.0369. The number of aromatic nitrogens is 3. The van der Waals surface area contributed by atoms with E-state index in [1.807, 2.05) is 0 Å². The number of piperidine rings is 1. The Hall–Kier alpha value is -2.49. The maximum atomic E-state index is 13.6. The van der Waals surface area contributed by atoms with Gasteiger partial charge < -0.3 is 10.2 Å². The minimum atomic E-state index is -4.86. The van der Waals surface area contributed by atoms with E-state index in [0.717, 1.165) is 50.2 Å². The predicted molar refractivity (Wildman–Crippen MR) is 98.1 cm³/mol. The number of nitrogens with one attached hydrogen (secondary N) is 1. The summed E-state index contributed by atoms with van der Waals surface area (Å²) in [5.74, 6) is -1.35. The molecule has 1 amide bonds. The molecule has 1 fully saturated rings. The first-order valence-corrected chi connectivity index (χ1v) is 9.48. The molecule has 6 nitrogen and oxygen atoms in total. The first-order chi connectivity index (χ1) is 13.7. The van der Waals surface area contributed by atoms with Crippen LogP contribution in [0.2, 0.25) is 0 Å². The van der Waals surface area contributed by atoms with E-state index < -0.39 is 29.3 Å². The lowest BCUT2D eigenvalue weighted by molar-refractivity contribution is -0.143. The Kier molecular flexibility index (Phi) is 6.21. The molecule has 158 valence electrons. The number of carbonyl (C=O) groups excluding carboxylic acids is 1. The number of rotatable bonds is 5. The van der Waals surface area contributed by atoms with Gasteiger partial charge in [0.1, 0.15) is 5.82 Å². The van der Waals surface area contributed by atoms with Crippen molar-refractivity contribution in [1.82, 2.24) is 25.2 Å². The Morgan fingerprint density at radius 1 is 1.28 bits per heavy atom. The van der Waals surface area contributed by atoms with Crippen LogP contribution in [0.15, 0.2) is 24.3 Å². The normalized spacial score (nSPS) is 18.2. The monoisotopic (exact) mass is 413 g/mol. The largest absolute Gasteiger partial charge is 0.435 e. The summed E-state index contributed by atoms with van der Waals surface area (Å²) in [5, 5.41) is 9.53. The SMILES string of the molecule is CC(C)N1CCCC(CNC(=O)c2nnn(-c3ccc(F)cc3)c2C(F)(F)F)C1. The summed E-state index contributed by atoms with van der Waals surface area (Å²) in [7, 11) is 0. The van der Waals surface area contributed by atoms with E-state index >= 15 is 0 Å². The van der Waals surface area contributed by atoms with Crippen molar-refractivity contribution in [3.8, 4) is 5.69 Å². The van der Waals surface area contributed by atoms with Crippen LogP contribution in [-0.4, -0.2) is 51.5 Å². The average Bonchev–Trinajstić information content (AvgIpc) is 3.12. The van der Waals surface area contributed by atoms with Crippen molar-refractivity contribution >= 4 is 5.91 Å². The quantitative estimate of drug-likeness (QED) is 0.765. The average molecular weight is 413 g/mol. The van der Waals surface area contributed by atoms with Crippen LogP contribution < -0.4 is 5.32 Å². The Labute approximate surface area is 165 Å². The van der Waals surface area contributed by atoms with Gasteiger partial charge in [-0.25, -0.2) is 9.07 Å². The molecule has 1 unspecified atom stereocenters. The second-order valence-electron chi connectivity index (χ2n) is 7.48. The molecule has 0 radical (unpaired) electrons. The van der Waals surface area contributed by atoms with Crippen LogP contribution in [0.4, 0.5) is 17.6 Å². The highest BCUT2D eigenvalue weighted by Gasteiger charge is 2.42. The maximum Gasteiger partial charge on any atom is 0.435 e. The van der Waals surface area contributed by atoms with E-state index in [-0.39, 0.29) is 18.2 Å². The third-order valence-corrected chi connectivity index (χ3v) is 5.06. The molecule has 1 aliphatic rings. The van der Waals surface area contributed by atoms with E-state index in [2.05, 4.69) is 34.4 Å². The third kappa shape index (κ3) is 4.92. The molecule has 1 N–H and O–H groups in total. The van der Waals surface area contributed by atoms with Crippen LogP contribution in [0.5, 0.6) is 0 Å². The van der Waals surface area contributed by atoms with Gasteiger partial charge in [-0.15, -0.1) is 5.10 Å². The lowest BCUT2D eigenvalue weighted by Crippen LogP contribution is -2.44. The Balaban J connectivity index is 1.77. The number of carbonyl (C=O) groups is 1. The number of alkyl halides is 3. The smallest absolute Gasteiger partial charge is 0.350 e. The summed E-state index contributed by atoms with van der Waals surface area (Å²) in [6.07, 6.45) is -2.98. The van der Waals surface area contributed by atoms with Crippen LogP contribution in [0.3, 0.4) is 0 Å². The van der Waals surface area contributed by atoms with Crippen LogP contribution in [0.1, 0.15) is 42.9 Å². The third-order valence-electron chi connectivity index (χ3n) is 5.06. The summed E-state index contributed by atoms with van der Waals surface area (Å²) >= 11 is 0. The summed E-state index contributed by atoms with van der Waals surface area (Å²) in [4.78, 5) is 14.8. The summed E-state index contributed by atoms with van der Waals surface area (Å²) in [6, 6.07) is 4.69. The van der Waals surface area contributed by atoms with E-state index in [0.29, 0.717) is 10.7 Å². The first kappa shape index (κ1) is 21.2. The fourth-order valence-corrected chi connectivity index (χ4v) is 3.51. The second-order valence-corrected chi connectivity index (χ2v) is 7.48. The number of amides is 1. The van der Waals surface area contributed by atoms with Crippen molar-refractivity contribution in [2.75, 3.05) is 19.6 Å². The van der Waals surface area contributed by atoms with Crippen LogP contribution >= 0.6 is 0 Å². The van der Waals surface area contributed by atoms with E-state index in [4.69, 9.17) is 0 Å². The molecule has 1 aromatic heterocycles. The van der Waals surface area contributed by atoms with Gasteiger partial charge in [0.05, 0.1) is 5.69 Å². The van der Waals surface area contributed by atoms with Gasteiger partial charge in [0.25, 0.3) is 5.91 Å². The topological polar surface area (TPSA) is 63.1 Å². The lowest BCUT2D eigenvalue weighted by atomic mass is 9.97. The zero-order valence-corrected chi connectivity index (χ0v) is 16.2. The van der Waals surface area contributed by atoms with Crippen molar-refractivity contribution < 1.29 is 22.4 Å². The second kappa shape index (κ2) is 8.48. The molecule has 2 aromatic rings. The van der Waals surface area contributed by atoms with Gasteiger partial charge in [0, 0.05) is 19.1 Å². The highest BCUT2D eigenvalue weighted by atomic mass is 19.4. The fraction of sp³-hybridized carbons (Fsp3) is 0.526. The number of benzene rings is 1. The number of nitrogens with zero attached hydrogens (tertiary/aromatic N) is 4. The first-order valence-electron chi connectivity index (χ1n) is 9.48. The molecule has 1 aliphatic heterocycles. The van der Waals surface area contributed by atoms with Gasteiger partial charge in [-0.1, -0.05) is 5.21 Å². The molecule has 1 saturated heterocycles. The van der Waals surface area contributed by atoms with Gasteiger partial charge in [-0.3, -0.25) is 4.79 Å². The van der Waals surface area contributed by atoms with Crippen LogP contribution in [0, 0.1) is 11.7 Å². The van der Waals surface area contributed by atoms with Crippen LogP contribution in [-0.2, 0) is 6.18 Å². The zero-order chi connectivity index (χ0) is 21.2. The van der Waals surface area contributed by atoms with Gasteiger partial charge in [0.15, 0.2) is 11.4 Å². The van der Waals surface area contributed by atoms with Crippen molar-refractivity contribution in [1.29, 1.82) is 0 Å². The number of hydrogen-bond donors (Lipinski definition) is 1. The van der Waals surface area contributed by atoms with Crippen molar-refractivity contribution in [2.45, 2.75) is 38.9 Å². The van der Waals surface area contributed by atoms with Gasteiger partial charge in [-0.05, 0) is 63.4 Å². The molecule has 0 spiro atoms. The van der Waals surface area contributed by atoms with E-state index in [1.165, 1.54) is 0 Å². The van der Waals surface area contributed by atoms with Crippen LogP contribution in [0.25, 0.3) is 5.69 Å². The summed E-state index contributed by atoms with van der Waals surface area (Å²) in [6.45, 7) is 6.20. The van der Waals surface area contributed by atoms with Gasteiger partial charge >= 0.3 is 6.18 Å². The Morgan fingerprint density at radius 3 is 2.59 bits per heavy atom. The van der Waals surface area contributed by atoms with Crippen molar-refractivity contribution in [2.24, 2.45) is 5.92 Å². The molecular weight excluding hydrogens is 390 g/mol. The van der Waals surface area contributed by atoms with E-state index in [1.54, 1.807) is 0 Å². The van der Waals surface area contributed by atoms with Crippen molar-refractivity contribution in [3.05, 3.63) is 41.5 Å². The van der Waals surface area contributed by atoms with E-state index in [9.17, 15) is 22.4 Å². The molecule has 0 aliphatic carbocycles. The molecule has 10 heteroatoms. The highest BCUT2D eigenvalue weighted by Crippen LogP contribution is 2.32. The van der Waals surface area contributed by atoms with Crippen molar-refractivity contribution in [3.63, 3.8) is 0 Å². The fourth-order valence-electron chi connectivity index (χ4n) is 3.51. The molecule has 3 rings (SSSR count).